The van der Waals surface area contributed by atoms with E-state index in [1.54, 1.807) is 0 Å². The van der Waals surface area contributed by atoms with Gasteiger partial charge in [0.25, 0.3) is 0 Å². The number of rotatable bonds is 3. The molecule has 0 fully saturated rings. The molecule has 1 aliphatic heterocycles. The van der Waals surface area contributed by atoms with Gasteiger partial charge in [0.2, 0.25) is 0 Å². The standard InChI is InChI=1S/C32H22N2O/c1-3-11-21(12-4-1)29-30(22-13-5-2-6-14-22)34-31-24(16-10-19-27(31)33-29)26-18-9-17-25-23-15-7-8-20-28(23)35-32(25)26/h1-20,29,33H. The summed E-state index contributed by atoms with van der Waals surface area (Å²) in [6, 6.07) is 41.8. The average molecular weight is 451 g/mol. The van der Waals surface area contributed by atoms with Gasteiger partial charge in [-0.25, -0.2) is 4.99 Å². The molecule has 1 aromatic heterocycles. The Morgan fingerprint density at radius 2 is 1.29 bits per heavy atom. The van der Waals surface area contributed by atoms with Crippen molar-refractivity contribution in [2.24, 2.45) is 4.99 Å². The van der Waals surface area contributed by atoms with Gasteiger partial charge < -0.3 is 9.73 Å². The maximum atomic E-state index is 6.36. The number of aliphatic imine (C=N–C) groups is 1. The Hall–Kier alpha value is -4.63. The van der Waals surface area contributed by atoms with Crippen LogP contribution in [0.1, 0.15) is 17.2 Å². The van der Waals surface area contributed by atoms with Crippen molar-refractivity contribution >= 4 is 39.0 Å². The first kappa shape index (κ1) is 19.8. The van der Waals surface area contributed by atoms with Crippen LogP contribution < -0.4 is 5.32 Å². The van der Waals surface area contributed by atoms with Crippen LogP contribution in [0.2, 0.25) is 0 Å². The molecule has 1 N–H and O–H groups in total. The van der Waals surface area contributed by atoms with Crippen LogP contribution in [0.3, 0.4) is 0 Å². The number of furan rings is 1. The Kier molecular flexibility index (Phi) is 4.52. The molecule has 0 bridgehead atoms. The Morgan fingerprint density at radius 3 is 2.14 bits per heavy atom. The third-order valence-corrected chi connectivity index (χ3v) is 6.74. The van der Waals surface area contributed by atoms with Gasteiger partial charge in [-0.1, -0.05) is 109 Å². The summed E-state index contributed by atoms with van der Waals surface area (Å²) in [5.74, 6) is 0. The van der Waals surface area contributed by atoms with Crippen LogP contribution in [-0.2, 0) is 0 Å². The minimum absolute atomic E-state index is 0.0386. The van der Waals surface area contributed by atoms with E-state index < -0.39 is 0 Å². The molecule has 0 spiro atoms. The third-order valence-electron chi connectivity index (χ3n) is 6.74. The third kappa shape index (κ3) is 3.24. The molecule has 6 aromatic rings. The zero-order valence-electron chi connectivity index (χ0n) is 19.0. The molecule has 0 saturated heterocycles. The first-order valence-corrected chi connectivity index (χ1v) is 11.9. The SMILES string of the molecule is c1ccc(C2=Nc3c(cccc3-c3cccc4c3oc3ccccc34)NC2c2ccccc2)cc1. The van der Waals surface area contributed by atoms with Gasteiger partial charge in [-0.05, 0) is 23.3 Å². The fourth-order valence-corrected chi connectivity index (χ4v) is 5.09. The molecular weight excluding hydrogens is 428 g/mol. The number of nitrogens with zero attached hydrogens (tertiary/aromatic N) is 1. The van der Waals surface area contributed by atoms with Crippen molar-refractivity contribution in [3.05, 3.63) is 132 Å². The van der Waals surface area contributed by atoms with E-state index in [4.69, 9.17) is 9.41 Å². The summed E-state index contributed by atoms with van der Waals surface area (Å²) >= 11 is 0. The number of para-hydroxylation sites is 3. The van der Waals surface area contributed by atoms with E-state index in [2.05, 4.69) is 102 Å². The van der Waals surface area contributed by atoms with E-state index in [0.717, 1.165) is 55.7 Å². The molecule has 1 unspecified atom stereocenters. The second-order valence-electron chi connectivity index (χ2n) is 8.83. The van der Waals surface area contributed by atoms with E-state index in [9.17, 15) is 0 Å². The van der Waals surface area contributed by atoms with Crippen molar-refractivity contribution in [3.63, 3.8) is 0 Å². The molecule has 2 heterocycles. The predicted octanol–water partition coefficient (Wildman–Crippen LogP) is 8.54. The largest absolute Gasteiger partial charge is 0.455 e. The maximum absolute atomic E-state index is 6.36. The normalized spacial score (nSPS) is 15.0. The van der Waals surface area contributed by atoms with Gasteiger partial charge in [-0.2, -0.15) is 0 Å². The van der Waals surface area contributed by atoms with Crippen molar-refractivity contribution in [1.82, 2.24) is 0 Å². The molecule has 3 nitrogen and oxygen atoms in total. The lowest BCUT2D eigenvalue weighted by atomic mass is 9.92. The number of fused-ring (bicyclic) bond motifs is 4. The van der Waals surface area contributed by atoms with Gasteiger partial charge >= 0.3 is 0 Å². The first-order chi connectivity index (χ1) is 17.4. The quantitative estimate of drug-likeness (QED) is 0.293. The topological polar surface area (TPSA) is 37.5 Å². The Morgan fingerprint density at radius 1 is 0.600 bits per heavy atom. The highest BCUT2D eigenvalue weighted by molar-refractivity contribution is 6.14. The lowest BCUT2D eigenvalue weighted by Crippen LogP contribution is -2.25. The van der Waals surface area contributed by atoms with E-state index in [-0.39, 0.29) is 6.04 Å². The van der Waals surface area contributed by atoms with E-state index in [0.29, 0.717) is 0 Å². The predicted molar refractivity (Wildman–Crippen MR) is 145 cm³/mol. The van der Waals surface area contributed by atoms with Crippen LogP contribution in [0, 0.1) is 0 Å². The van der Waals surface area contributed by atoms with E-state index in [1.165, 1.54) is 5.56 Å². The molecule has 3 heteroatoms. The van der Waals surface area contributed by atoms with Crippen LogP contribution in [0.25, 0.3) is 33.1 Å². The minimum Gasteiger partial charge on any atom is -0.455 e. The van der Waals surface area contributed by atoms with Crippen molar-refractivity contribution in [1.29, 1.82) is 0 Å². The van der Waals surface area contributed by atoms with Crippen LogP contribution in [0.5, 0.6) is 0 Å². The molecule has 1 atom stereocenters. The summed E-state index contributed by atoms with van der Waals surface area (Å²) in [6.07, 6.45) is 0. The highest BCUT2D eigenvalue weighted by atomic mass is 16.3. The monoisotopic (exact) mass is 450 g/mol. The van der Waals surface area contributed by atoms with Crippen molar-refractivity contribution in [3.8, 4) is 11.1 Å². The summed E-state index contributed by atoms with van der Waals surface area (Å²) in [5, 5.41) is 6.03. The number of hydrogen-bond donors (Lipinski definition) is 1. The number of anilines is 1. The van der Waals surface area contributed by atoms with Crippen LogP contribution in [-0.4, -0.2) is 5.71 Å². The second kappa shape index (κ2) is 8.00. The van der Waals surface area contributed by atoms with Crippen LogP contribution in [0.15, 0.2) is 131 Å². The average Bonchev–Trinajstić information content (AvgIpc) is 3.32. The number of benzene rings is 5. The molecule has 35 heavy (non-hydrogen) atoms. The summed E-state index contributed by atoms with van der Waals surface area (Å²) in [4.78, 5) is 5.32. The molecule has 7 rings (SSSR count). The van der Waals surface area contributed by atoms with Crippen molar-refractivity contribution < 1.29 is 4.42 Å². The van der Waals surface area contributed by atoms with Crippen molar-refractivity contribution in [2.45, 2.75) is 6.04 Å². The molecule has 1 aliphatic rings. The van der Waals surface area contributed by atoms with Crippen LogP contribution in [0.4, 0.5) is 11.4 Å². The van der Waals surface area contributed by atoms with Crippen LogP contribution >= 0.6 is 0 Å². The maximum Gasteiger partial charge on any atom is 0.143 e. The van der Waals surface area contributed by atoms with Gasteiger partial charge in [-0.15, -0.1) is 0 Å². The molecular formula is C32H22N2O. The lowest BCUT2D eigenvalue weighted by Gasteiger charge is -2.29. The number of hydrogen-bond acceptors (Lipinski definition) is 3. The zero-order chi connectivity index (χ0) is 23.2. The molecule has 0 aliphatic carbocycles. The highest BCUT2D eigenvalue weighted by Gasteiger charge is 2.27. The number of nitrogens with one attached hydrogen (secondary N) is 1. The summed E-state index contributed by atoms with van der Waals surface area (Å²) in [6.45, 7) is 0. The van der Waals surface area contributed by atoms with E-state index >= 15 is 0 Å². The van der Waals surface area contributed by atoms with Crippen molar-refractivity contribution in [2.75, 3.05) is 5.32 Å². The summed E-state index contributed by atoms with van der Waals surface area (Å²) < 4.78 is 6.36. The van der Waals surface area contributed by atoms with Gasteiger partial charge in [0.05, 0.1) is 23.1 Å². The molecule has 0 saturated carbocycles. The second-order valence-corrected chi connectivity index (χ2v) is 8.83. The fraction of sp³-hybridized carbons (Fsp3) is 0.0312. The molecule has 0 radical (unpaired) electrons. The smallest absolute Gasteiger partial charge is 0.143 e. The van der Waals surface area contributed by atoms with Gasteiger partial charge in [0.1, 0.15) is 11.2 Å². The Balaban J connectivity index is 1.47. The Bertz CT molecular complexity index is 1720. The summed E-state index contributed by atoms with van der Waals surface area (Å²) in [5.41, 5.74) is 9.15. The lowest BCUT2D eigenvalue weighted by molar-refractivity contribution is 0.670. The molecule has 5 aromatic carbocycles. The first-order valence-electron chi connectivity index (χ1n) is 11.9. The van der Waals surface area contributed by atoms with E-state index in [1.807, 2.05) is 24.3 Å². The molecule has 166 valence electrons. The highest BCUT2D eigenvalue weighted by Crippen LogP contribution is 2.45. The van der Waals surface area contributed by atoms with Gasteiger partial charge in [-0.3, -0.25) is 0 Å². The van der Waals surface area contributed by atoms with Gasteiger partial charge in [0, 0.05) is 21.9 Å². The summed E-state index contributed by atoms with van der Waals surface area (Å²) in [7, 11) is 0. The van der Waals surface area contributed by atoms with Gasteiger partial charge in [0.15, 0.2) is 0 Å². The molecule has 0 amide bonds. The zero-order valence-corrected chi connectivity index (χ0v) is 19.0. The minimum atomic E-state index is -0.0386. The Labute approximate surface area is 203 Å². The fourth-order valence-electron chi connectivity index (χ4n) is 5.09.